The topological polar surface area (TPSA) is 43.1 Å². The minimum atomic E-state index is -2.10. The zero-order valence-corrected chi connectivity index (χ0v) is 18.1. The second-order valence-electron chi connectivity index (χ2n) is 7.67. The van der Waals surface area contributed by atoms with Crippen LogP contribution >= 0.6 is 19.5 Å². The number of halogens is 1. The lowest BCUT2D eigenvalue weighted by molar-refractivity contribution is 0.404. The van der Waals surface area contributed by atoms with Crippen molar-refractivity contribution in [2.75, 3.05) is 26.0 Å². The fourth-order valence-corrected chi connectivity index (χ4v) is 5.29. The van der Waals surface area contributed by atoms with E-state index in [9.17, 15) is 4.57 Å². The standard InChI is InChI=1S/C20H36NOP.ClH/c1-7-8-9-10-18(13-21)19(14-23(5,6)22)20-16(3)11-15(2)12-17(20)4;/h11-12,18-19H,7-10,13-14,21H2,1-6H3;1H. The Balaban J connectivity index is 0.00000529. The largest absolute Gasteiger partial charge is 0.330 e. The highest BCUT2D eigenvalue weighted by Gasteiger charge is 2.28. The summed E-state index contributed by atoms with van der Waals surface area (Å²) in [6.45, 7) is 13.3. The van der Waals surface area contributed by atoms with Gasteiger partial charge in [-0.3, -0.25) is 0 Å². The van der Waals surface area contributed by atoms with E-state index in [1.165, 1.54) is 41.5 Å². The van der Waals surface area contributed by atoms with Gasteiger partial charge in [0.25, 0.3) is 0 Å². The molecule has 2 N–H and O–H groups in total. The van der Waals surface area contributed by atoms with Gasteiger partial charge in [-0.15, -0.1) is 12.4 Å². The van der Waals surface area contributed by atoms with Crippen molar-refractivity contribution in [3.05, 3.63) is 34.4 Å². The minimum Gasteiger partial charge on any atom is -0.330 e. The molecule has 0 radical (unpaired) electrons. The monoisotopic (exact) mass is 373 g/mol. The van der Waals surface area contributed by atoms with Gasteiger partial charge in [-0.2, -0.15) is 0 Å². The van der Waals surface area contributed by atoms with Gasteiger partial charge in [0.2, 0.25) is 0 Å². The van der Waals surface area contributed by atoms with Gasteiger partial charge in [-0.1, -0.05) is 43.9 Å². The summed E-state index contributed by atoms with van der Waals surface area (Å²) in [5.74, 6) is 0.744. The maximum atomic E-state index is 12.6. The first-order valence-corrected chi connectivity index (χ1v) is 11.8. The summed E-state index contributed by atoms with van der Waals surface area (Å²) in [6.07, 6.45) is 5.61. The number of nitrogens with two attached hydrogens (primary N) is 1. The maximum absolute atomic E-state index is 12.6. The molecule has 4 heteroatoms. The van der Waals surface area contributed by atoms with Crippen LogP contribution in [0.2, 0.25) is 0 Å². The third kappa shape index (κ3) is 7.30. The van der Waals surface area contributed by atoms with Gasteiger partial charge in [0.05, 0.1) is 7.14 Å². The highest BCUT2D eigenvalue weighted by atomic mass is 35.5. The van der Waals surface area contributed by atoms with Crippen molar-refractivity contribution in [1.82, 2.24) is 0 Å². The van der Waals surface area contributed by atoms with Crippen LogP contribution in [0.15, 0.2) is 12.1 Å². The fourth-order valence-electron chi connectivity index (χ4n) is 3.87. The van der Waals surface area contributed by atoms with Gasteiger partial charge < -0.3 is 10.3 Å². The highest BCUT2D eigenvalue weighted by molar-refractivity contribution is 7.62. The van der Waals surface area contributed by atoms with E-state index < -0.39 is 7.14 Å². The lowest BCUT2D eigenvalue weighted by Gasteiger charge is -2.31. The fraction of sp³-hybridized carbons (Fsp3) is 0.700. The van der Waals surface area contributed by atoms with Crippen LogP contribution in [0, 0.1) is 26.7 Å². The molecule has 0 aliphatic heterocycles. The Bertz CT molecular complexity index is 530. The second-order valence-corrected chi connectivity index (χ2v) is 11.2. The van der Waals surface area contributed by atoms with E-state index in [-0.39, 0.29) is 12.4 Å². The minimum absolute atomic E-state index is 0. The second kappa shape index (κ2) is 10.6. The van der Waals surface area contributed by atoms with E-state index in [0.717, 1.165) is 12.6 Å². The molecule has 1 aromatic carbocycles. The van der Waals surface area contributed by atoms with Crippen molar-refractivity contribution in [2.24, 2.45) is 11.7 Å². The predicted molar refractivity (Wildman–Crippen MR) is 112 cm³/mol. The zero-order chi connectivity index (χ0) is 17.6. The third-order valence-electron chi connectivity index (χ3n) is 4.80. The van der Waals surface area contributed by atoms with Crippen LogP contribution in [-0.2, 0) is 4.57 Å². The summed E-state index contributed by atoms with van der Waals surface area (Å²) in [4.78, 5) is 0. The molecule has 140 valence electrons. The van der Waals surface area contributed by atoms with Crippen molar-refractivity contribution in [2.45, 2.75) is 59.3 Å². The van der Waals surface area contributed by atoms with Crippen LogP contribution in [0.4, 0.5) is 0 Å². The molecule has 0 spiro atoms. The molecule has 1 aromatic rings. The lowest BCUT2D eigenvalue weighted by Crippen LogP contribution is -2.26. The molecule has 0 bridgehead atoms. The molecule has 0 saturated carbocycles. The van der Waals surface area contributed by atoms with Gasteiger partial charge in [0.15, 0.2) is 0 Å². The molecule has 0 fully saturated rings. The number of rotatable bonds is 9. The smallest absolute Gasteiger partial charge is 0.0825 e. The van der Waals surface area contributed by atoms with E-state index in [1.54, 1.807) is 0 Å². The quantitative estimate of drug-likeness (QED) is 0.432. The molecule has 1 rings (SSSR count). The molecule has 0 aliphatic rings. The Morgan fingerprint density at radius 1 is 1.08 bits per heavy atom. The Kier molecular flexibility index (Phi) is 10.5. The number of hydrogen-bond donors (Lipinski definition) is 1. The third-order valence-corrected chi connectivity index (χ3v) is 6.07. The van der Waals surface area contributed by atoms with Crippen LogP contribution in [0.3, 0.4) is 0 Å². The SMILES string of the molecule is CCCCCC(CN)C(CP(C)(C)=O)c1c(C)cc(C)cc1C.Cl. The van der Waals surface area contributed by atoms with E-state index in [4.69, 9.17) is 5.73 Å². The average molecular weight is 374 g/mol. The van der Waals surface area contributed by atoms with E-state index >= 15 is 0 Å². The summed E-state index contributed by atoms with van der Waals surface area (Å²) in [5.41, 5.74) is 11.5. The zero-order valence-electron chi connectivity index (χ0n) is 16.4. The summed E-state index contributed by atoms with van der Waals surface area (Å²) in [7, 11) is -2.10. The van der Waals surface area contributed by atoms with Gasteiger partial charge in [0.1, 0.15) is 0 Å². The number of benzene rings is 1. The van der Waals surface area contributed by atoms with Crippen molar-refractivity contribution in [1.29, 1.82) is 0 Å². The average Bonchev–Trinajstić information content (AvgIpc) is 2.40. The molecular formula is C20H37ClNOP. The lowest BCUT2D eigenvalue weighted by atomic mass is 9.80. The molecule has 0 aromatic heterocycles. The Morgan fingerprint density at radius 3 is 2.04 bits per heavy atom. The van der Waals surface area contributed by atoms with Gasteiger partial charge in [0, 0.05) is 6.16 Å². The highest BCUT2D eigenvalue weighted by Crippen LogP contribution is 2.46. The first-order valence-electron chi connectivity index (χ1n) is 9.01. The summed E-state index contributed by atoms with van der Waals surface area (Å²) in [5, 5.41) is 0. The molecule has 2 unspecified atom stereocenters. The first-order chi connectivity index (χ1) is 10.7. The Labute approximate surface area is 155 Å². The summed E-state index contributed by atoms with van der Waals surface area (Å²) < 4.78 is 12.6. The predicted octanol–water partition coefficient (Wildman–Crippen LogP) is 5.90. The van der Waals surface area contributed by atoms with Crippen molar-refractivity contribution in [3.8, 4) is 0 Å². The van der Waals surface area contributed by atoms with Gasteiger partial charge in [-0.05, 0) is 75.6 Å². The number of unbranched alkanes of at least 4 members (excludes halogenated alkanes) is 2. The molecular weight excluding hydrogens is 337 g/mol. The van der Waals surface area contributed by atoms with Crippen molar-refractivity contribution < 1.29 is 4.57 Å². The van der Waals surface area contributed by atoms with E-state index in [0.29, 0.717) is 18.4 Å². The molecule has 0 saturated heterocycles. The summed E-state index contributed by atoms with van der Waals surface area (Å²) in [6, 6.07) is 4.51. The first kappa shape index (κ1) is 23.7. The Morgan fingerprint density at radius 2 is 1.62 bits per heavy atom. The van der Waals surface area contributed by atoms with Gasteiger partial charge >= 0.3 is 0 Å². The van der Waals surface area contributed by atoms with Crippen molar-refractivity contribution >= 4 is 19.5 Å². The van der Waals surface area contributed by atoms with E-state index in [1.807, 2.05) is 13.3 Å². The van der Waals surface area contributed by atoms with Crippen LogP contribution in [0.1, 0.15) is 60.8 Å². The normalized spacial score (nSPS) is 14.1. The van der Waals surface area contributed by atoms with Crippen LogP contribution in [0.5, 0.6) is 0 Å². The van der Waals surface area contributed by atoms with Crippen LogP contribution in [0.25, 0.3) is 0 Å². The maximum Gasteiger partial charge on any atom is 0.0825 e. The van der Waals surface area contributed by atoms with Gasteiger partial charge in [-0.25, -0.2) is 0 Å². The number of aryl methyl sites for hydroxylation is 3. The van der Waals surface area contributed by atoms with Crippen LogP contribution in [-0.4, -0.2) is 26.0 Å². The number of hydrogen-bond acceptors (Lipinski definition) is 2. The van der Waals surface area contributed by atoms with Crippen LogP contribution < -0.4 is 5.73 Å². The molecule has 2 nitrogen and oxygen atoms in total. The molecule has 0 aliphatic carbocycles. The summed E-state index contributed by atoms with van der Waals surface area (Å²) >= 11 is 0. The molecule has 2 atom stereocenters. The van der Waals surface area contributed by atoms with E-state index in [2.05, 4.69) is 39.8 Å². The molecule has 0 amide bonds. The molecule has 24 heavy (non-hydrogen) atoms. The van der Waals surface area contributed by atoms with Crippen molar-refractivity contribution in [3.63, 3.8) is 0 Å². The Hall–Kier alpha value is -0.300. The molecule has 0 heterocycles.